The van der Waals surface area contributed by atoms with Crippen molar-refractivity contribution in [3.63, 3.8) is 0 Å². The first-order valence-electron chi connectivity index (χ1n) is 9.32. The molecule has 146 valence electrons. The highest BCUT2D eigenvalue weighted by molar-refractivity contribution is 7.21. The lowest BCUT2D eigenvalue weighted by Gasteiger charge is -2.31. The SMILES string of the molecule is CCOC(=O)N1CCC(NC(=O)c2ccc(-c3nc4ccccc4s3)o2)CC1. The van der Waals surface area contributed by atoms with E-state index in [9.17, 15) is 9.59 Å². The van der Waals surface area contributed by atoms with E-state index in [-0.39, 0.29) is 23.8 Å². The van der Waals surface area contributed by atoms with E-state index in [0.29, 0.717) is 38.3 Å². The number of piperidine rings is 1. The van der Waals surface area contributed by atoms with Gasteiger partial charge < -0.3 is 19.4 Å². The van der Waals surface area contributed by atoms with Crippen LogP contribution in [0.4, 0.5) is 4.79 Å². The predicted molar refractivity (Wildman–Crippen MR) is 106 cm³/mol. The molecule has 0 radical (unpaired) electrons. The molecule has 1 aromatic carbocycles. The molecule has 0 aliphatic carbocycles. The summed E-state index contributed by atoms with van der Waals surface area (Å²) >= 11 is 1.53. The van der Waals surface area contributed by atoms with Crippen molar-refractivity contribution >= 4 is 33.6 Å². The van der Waals surface area contributed by atoms with Crippen LogP contribution in [0.25, 0.3) is 21.0 Å². The maximum Gasteiger partial charge on any atom is 0.409 e. The first-order valence-corrected chi connectivity index (χ1v) is 10.1. The Morgan fingerprint density at radius 1 is 1.25 bits per heavy atom. The van der Waals surface area contributed by atoms with Crippen LogP contribution in [0.3, 0.4) is 0 Å². The van der Waals surface area contributed by atoms with E-state index in [4.69, 9.17) is 9.15 Å². The van der Waals surface area contributed by atoms with Gasteiger partial charge in [-0.05, 0) is 44.0 Å². The Hall–Kier alpha value is -2.87. The highest BCUT2D eigenvalue weighted by Crippen LogP contribution is 2.31. The van der Waals surface area contributed by atoms with Gasteiger partial charge in [0, 0.05) is 19.1 Å². The molecule has 0 bridgehead atoms. The zero-order chi connectivity index (χ0) is 19.5. The Morgan fingerprint density at radius 3 is 2.79 bits per heavy atom. The summed E-state index contributed by atoms with van der Waals surface area (Å²) in [6, 6.07) is 11.3. The zero-order valence-electron chi connectivity index (χ0n) is 15.5. The highest BCUT2D eigenvalue weighted by Gasteiger charge is 2.25. The number of hydrogen-bond acceptors (Lipinski definition) is 6. The van der Waals surface area contributed by atoms with Gasteiger partial charge in [0.05, 0.1) is 16.8 Å². The van der Waals surface area contributed by atoms with E-state index >= 15 is 0 Å². The molecule has 1 aliphatic rings. The molecule has 0 atom stereocenters. The van der Waals surface area contributed by atoms with Crippen molar-refractivity contribution < 1.29 is 18.7 Å². The molecule has 1 N–H and O–H groups in total. The minimum absolute atomic E-state index is 0.00850. The summed E-state index contributed by atoms with van der Waals surface area (Å²) in [5, 5.41) is 3.74. The number of likely N-dealkylation sites (tertiary alicyclic amines) is 1. The third kappa shape index (κ3) is 3.87. The van der Waals surface area contributed by atoms with Gasteiger partial charge in [-0.2, -0.15) is 0 Å². The van der Waals surface area contributed by atoms with Crippen molar-refractivity contribution in [2.75, 3.05) is 19.7 Å². The average molecular weight is 399 g/mol. The predicted octanol–water partition coefficient (Wildman–Crippen LogP) is 3.91. The van der Waals surface area contributed by atoms with E-state index in [1.54, 1.807) is 24.0 Å². The summed E-state index contributed by atoms with van der Waals surface area (Å²) in [5.74, 6) is 0.604. The number of furan rings is 1. The minimum atomic E-state index is -0.293. The third-order valence-electron chi connectivity index (χ3n) is 4.69. The number of thiazole rings is 1. The molecule has 2 amide bonds. The largest absolute Gasteiger partial charge is 0.450 e. The first-order chi connectivity index (χ1) is 13.6. The summed E-state index contributed by atoms with van der Waals surface area (Å²) < 4.78 is 11.8. The van der Waals surface area contributed by atoms with Crippen LogP contribution in [0.2, 0.25) is 0 Å². The second-order valence-corrected chi connectivity index (χ2v) is 7.61. The molecule has 0 saturated carbocycles. The second-order valence-electron chi connectivity index (χ2n) is 6.58. The fourth-order valence-electron chi connectivity index (χ4n) is 3.23. The molecule has 2 aromatic heterocycles. The lowest BCUT2D eigenvalue weighted by Crippen LogP contribution is -2.46. The Bertz CT molecular complexity index is 955. The standard InChI is InChI=1S/C20H21N3O4S/c1-2-26-20(25)23-11-9-13(10-12-23)21-18(24)15-7-8-16(27-15)19-22-14-5-3-4-6-17(14)28-19/h3-8,13H,2,9-12H2,1H3,(H,21,24). The van der Waals surface area contributed by atoms with Crippen LogP contribution in [-0.2, 0) is 4.74 Å². The van der Waals surface area contributed by atoms with Crippen LogP contribution < -0.4 is 5.32 Å². The number of amides is 2. The molecule has 0 unspecified atom stereocenters. The third-order valence-corrected chi connectivity index (χ3v) is 5.74. The quantitative estimate of drug-likeness (QED) is 0.719. The number of hydrogen-bond donors (Lipinski definition) is 1. The van der Waals surface area contributed by atoms with E-state index in [2.05, 4.69) is 10.3 Å². The molecule has 28 heavy (non-hydrogen) atoms. The lowest BCUT2D eigenvalue weighted by atomic mass is 10.1. The van der Waals surface area contributed by atoms with Crippen molar-refractivity contribution in [1.82, 2.24) is 15.2 Å². The molecule has 1 aliphatic heterocycles. The fourth-order valence-corrected chi connectivity index (χ4v) is 4.16. The van der Waals surface area contributed by atoms with Crippen molar-refractivity contribution in [3.05, 3.63) is 42.2 Å². The summed E-state index contributed by atoms with van der Waals surface area (Å²) in [4.78, 5) is 30.5. The molecule has 1 fully saturated rings. The molecule has 3 heterocycles. The lowest BCUT2D eigenvalue weighted by molar-refractivity contribution is 0.0841. The monoisotopic (exact) mass is 399 g/mol. The molecular weight excluding hydrogens is 378 g/mol. The van der Waals surface area contributed by atoms with Gasteiger partial charge >= 0.3 is 6.09 Å². The minimum Gasteiger partial charge on any atom is -0.450 e. The summed E-state index contributed by atoms with van der Waals surface area (Å²) in [5.41, 5.74) is 0.915. The highest BCUT2D eigenvalue weighted by atomic mass is 32.1. The smallest absolute Gasteiger partial charge is 0.409 e. The van der Waals surface area contributed by atoms with E-state index in [0.717, 1.165) is 15.2 Å². The molecule has 0 spiro atoms. The Kier molecular flexibility index (Phi) is 5.29. The van der Waals surface area contributed by atoms with Gasteiger partial charge in [-0.25, -0.2) is 9.78 Å². The van der Waals surface area contributed by atoms with Gasteiger partial charge in [0.2, 0.25) is 0 Å². The molecule has 3 aromatic rings. The van der Waals surface area contributed by atoms with Gasteiger partial charge in [-0.1, -0.05) is 12.1 Å². The number of para-hydroxylation sites is 1. The number of nitrogens with one attached hydrogen (secondary N) is 1. The number of aromatic nitrogens is 1. The van der Waals surface area contributed by atoms with Crippen LogP contribution in [0.1, 0.15) is 30.3 Å². The summed E-state index contributed by atoms with van der Waals surface area (Å²) in [6.07, 6.45) is 1.09. The molecule has 8 heteroatoms. The maximum absolute atomic E-state index is 12.5. The summed E-state index contributed by atoms with van der Waals surface area (Å²) in [7, 11) is 0. The van der Waals surface area contributed by atoms with Crippen LogP contribution in [0.15, 0.2) is 40.8 Å². The maximum atomic E-state index is 12.5. The molecule has 1 saturated heterocycles. The molecule has 7 nitrogen and oxygen atoms in total. The van der Waals surface area contributed by atoms with Gasteiger partial charge in [0.15, 0.2) is 16.5 Å². The Labute approximate surface area is 166 Å². The van der Waals surface area contributed by atoms with Crippen molar-refractivity contribution in [2.45, 2.75) is 25.8 Å². The average Bonchev–Trinajstić information content (AvgIpc) is 3.35. The van der Waals surface area contributed by atoms with Crippen LogP contribution >= 0.6 is 11.3 Å². The van der Waals surface area contributed by atoms with Crippen LogP contribution in [0.5, 0.6) is 0 Å². The van der Waals surface area contributed by atoms with Crippen LogP contribution in [-0.4, -0.2) is 47.6 Å². The number of carbonyl (C=O) groups is 2. The zero-order valence-corrected chi connectivity index (χ0v) is 16.3. The number of rotatable bonds is 4. The van der Waals surface area contributed by atoms with Crippen LogP contribution in [0, 0.1) is 0 Å². The van der Waals surface area contributed by atoms with Gasteiger partial charge in [0.25, 0.3) is 5.91 Å². The Morgan fingerprint density at radius 2 is 2.04 bits per heavy atom. The normalized spacial score (nSPS) is 15.0. The fraction of sp³-hybridized carbons (Fsp3) is 0.350. The number of fused-ring (bicyclic) bond motifs is 1. The number of nitrogens with zero attached hydrogens (tertiary/aromatic N) is 2. The van der Waals surface area contributed by atoms with E-state index in [1.807, 2.05) is 24.3 Å². The van der Waals surface area contributed by atoms with Crippen molar-refractivity contribution in [2.24, 2.45) is 0 Å². The van der Waals surface area contributed by atoms with Gasteiger partial charge in [-0.15, -0.1) is 11.3 Å². The van der Waals surface area contributed by atoms with E-state index < -0.39 is 0 Å². The number of ether oxygens (including phenoxy) is 1. The first kappa shape index (κ1) is 18.5. The van der Waals surface area contributed by atoms with Gasteiger partial charge in [-0.3, -0.25) is 4.79 Å². The van der Waals surface area contributed by atoms with Crippen molar-refractivity contribution in [3.8, 4) is 10.8 Å². The molecule has 4 rings (SSSR count). The topological polar surface area (TPSA) is 84.7 Å². The van der Waals surface area contributed by atoms with Gasteiger partial charge in [0.1, 0.15) is 0 Å². The Balaban J connectivity index is 1.37. The second kappa shape index (κ2) is 8.02. The molecular formula is C20H21N3O4S. The van der Waals surface area contributed by atoms with Crippen molar-refractivity contribution in [1.29, 1.82) is 0 Å². The summed E-state index contributed by atoms with van der Waals surface area (Å²) in [6.45, 7) is 3.29. The number of benzene rings is 1. The number of carbonyl (C=O) groups excluding carboxylic acids is 2. The van der Waals surface area contributed by atoms with E-state index in [1.165, 1.54) is 11.3 Å².